The lowest BCUT2D eigenvalue weighted by Gasteiger charge is -2.15. The van der Waals surface area contributed by atoms with E-state index in [1.165, 1.54) is 18.2 Å². The number of hydrogen-bond acceptors (Lipinski definition) is 4. The fourth-order valence-electron chi connectivity index (χ4n) is 1.70. The van der Waals surface area contributed by atoms with E-state index in [1.54, 1.807) is 0 Å². The van der Waals surface area contributed by atoms with Gasteiger partial charge in [0.15, 0.2) is 0 Å². The lowest BCUT2D eigenvalue weighted by atomic mass is 10.0. The first-order chi connectivity index (χ1) is 8.90. The van der Waals surface area contributed by atoms with Crippen molar-refractivity contribution in [2.75, 3.05) is 18.9 Å². The van der Waals surface area contributed by atoms with Crippen LogP contribution in [0.5, 0.6) is 0 Å². The normalized spacial score (nSPS) is 13.4. The van der Waals surface area contributed by atoms with Crippen LogP contribution in [0.1, 0.15) is 19.8 Å². The average molecular weight is 307 g/mol. The third kappa shape index (κ3) is 4.65. The number of benzene rings is 1. The summed E-state index contributed by atoms with van der Waals surface area (Å²) in [5.74, 6) is 0.105. The molecule has 0 bridgehead atoms. The van der Waals surface area contributed by atoms with Crippen LogP contribution in [0.15, 0.2) is 23.1 Å². The lowest BCUT2D eigenvalue weighted by Crippen LogP contribution is -2.30. The highest BCUT2D eigenvalue weighted by molar-refractivity contribution is 7.89. The minimum Gasteiger partial charge on any atom is -0.398 e. The minimum absolute atomic E-state index is 0.0238. The smallest absolute Gasteiger partial charge is 0.242 e. The standard InChI is InChI=1S/C12H19ClN2O3S/c1-2-9(5-6-16)8-15-19(17,18)12-4-3-10(13)7-11(12)14/h3-4,7,9,15-16H,2,5-6,8,14H2,1H3. The number of anilines is 1. The molecule has 19 heavy (non-hydrogen) atoms. The zero-order chi connectivity index (χ0) is 14.5. The highest BCUT2D eigenvalue weighted by atomic mass is 35.5. The molecule has 0 saturated carbocycles. The first-order valence-corrected chi connectivity index (χ1v) is 7.92. The number of nitrogen functional groups attached to an aromatic ring is 1. The number of rotatable bonds is 7. The molecule has 1 aromatic rings. The molecule has 7 heteroatoms. The van der Waals surface area contributed by atoms with Crippen LogP contribution in [0, 0.1) is 5.92 Å². The van der Waals surface area contributed by atoms with Crippen molar-refractivity contribution in [2.24, 2.45) is 5.92 Å². The van der Waals surface area contributed by atoms with Gasteiger partial charge in [-0.3, -0.25) is 0 Å². The first-order valence-electron chi connectivity index (χ1n) is 6.06. The molecule has 1 unspecified atom stereocenters. The second-order valence-electron chi connectivity index (χ2n) is 4.32. The summed E-state index contributed by atoms with van der Waals surface area (Å²) in [5, 5.41) is 9.27. The number of hydrogen-bond donors (Lipinski definition) is 3. The van der Waals surface area contributed by atoms with Crippen molar-refractivity contribution >= 4 is 27.3 Å². The molecular formula is C12H19ClN2O3S. The predicted molar refractivity (Wildman–Crippen MR) is 76.5 cm³/mol. The molecule has 0 aromatic heterocycles. The zero-order valence-electron chi connectivity index (χ0n) is 10.8. The van der Waals surface area contributed by atoms with Crippen molar-refractivity contribution in [3.63, 3.8) is 0 Å². The molecule has 5 nitrogen and oxygen atoms in total. The Labute approximate surface area is 118 Å². The van der Waals surface area contributed by atoms with Gasteiger partial charge in [-0.05, 0) is 30.5 Å². The van der Waals surface area contributed by atoms with E-state index >= 15 is 0 Å². The molecule has 0 radical (unpaired) electrons. The van der Waals surface area contributed by atoms with Gasteiger partial charge in [0.2, 0.25) is 10.0 Å². The Morgan fingerprint density at radius 1 is 1.47 bits per heavy atom. The molecule has 0 aliphatic rings. The van der Waals surface area contributed by atoms with Crippen molar-refractivity contribution in [3.05, 3.63) is 23.2 Å². The molecule has 0 amide bonds. The molecule has 1 atom stereocenters. The van der Waals surface area contributed by atoms with Gasteiger partial charge >= 0.3 is 0 Å². The lowest BCUT2D eigenvalue weighted by molar-refractivity contribution is 0.254. The third-order valence-electron chi connectivity index (χ3n) is 2.94. The summed E-state index contributed by atoms with van der Waals surface area (Å²) < 4.78 is 26.7. The number of aliphatic hydroxyl groups excluding tert-OH is 1. The topological polar surface area (TPSA) is 92.4 Å². The summed E-state index contributed by atoms with van der Waals surface area (Å²) >= 11 is 5.74. The van der Waals surface area contributed by atoms with Crippen molar-refractivity contribution in [2.45, 2.75) is 24.7 Å². The Kier molecular flexibility index (Phi) is 6.06. The monoisotopic (exact) mass is 306 g/mol. The Balaban J connectivity index is 2.81. The SMILES string of the molecule is CCC(CCO)CNS(=O)(=O)c1ccc(Cl)cc1N. The van der Waals surface area contributed by atoms with E-state index in [4.69, 9.17) is 22.4 Å². The van der Waals surface area contributed by atoms with Crippen molar-refractivity contribution < 1.29 is 13.5 Å². The van der Waals surface area contributed by atoms with Gasteiger partial charge in [-0.25, -0.2) is 13.1 Å². The van der Waals surface area contributed by atoms with Crippen LogP contribution >= 0.6 is 11.6 Å². The molecule has 0 aliphatic heterocycles. The third-order valence-corrected chi connectivity index (χ3v) is 4.67. The number of nitrogens with one attached hydrogen (secondary N) is 1. The molecule has 1 aromatic carbocycles. The van der Waals surface area contributed by atoms with Gasteiger partial charge in [-0.1, -0.05) is 24.9 Å². The van der Waals surface area contributed by atoms with Crippen molar-refractivity contribution in [3.8, 4) is 0 Å². The maximum atomic E-state index is 12.1. The van der Waals surface area contributed by atoms with Gasteiger partial charge in [0.1, 0.15) is 4.90 Å². The molecule has 1 rings (SSSR count). The first kappa shape index (κ1) is 16.2. The highest BCUT2D eigenvalue weighted by Gasteiger charge is 2.18. The van der Waals surface area contributed by atoms with Gasteiger partial charge in [0.05, 0.1) is 5.69 Å². The summed E-state index contributed by atoms with van der Waals surface area (Å²) in [6.45, 7) is 2.27. The van der Waals surface area contributed by atoms with E-state index in [-0.39, 0.29) is 29.7 Å². The fraction of sp³-hybridized carbons (Fsp3) is 0.500. The van der Waals surface area contributed by atoms with E-state index in [0.29, 0.717) is 11.4 Å². The van der Waals surface area contributed by atoms with Crippen LogP contribution in [0.25, 0.3) is 0 Å². The van der Waals surface area contributed by atoms with Crippen LogP contribution in [-0.4, -0.2) is 26.7 Å². The van der Waals surface area contributed by atoms with Crippen LogP contribution in [0.3, 0.4) is 0 Å². The summed E-state index contributed by atoms with van der Waals surface area (Å²) in [5.41, 5.74) is 5.78. The molecule has 0 spiro atoms. The van der Waals surface area contributed by atoms with E-state index in [9.17, 15) is 8.42 Å². The Bertz CT molecular complexity index is 520. The molecule has 0 fully saturated rings. The number of sulfonamides is 1. The minimum atomic E-state index is -3.65. The van der Waals surface area contributed by atoms with Crippen LogP contribution in [0.4, 0.5) is 5.69 Å². The van der Waals surface area contributed by atoms with Gasteiger partial charge in [-0.15, -0.1) is 0 Å². The summed E-state index contributed by atoms with van der Waals surface area (Å²) in [6, 6.07) is 4.27. The predicted octanol–water partition coefficient (Wildman–Crippen LogP) is 1.61. The number of nitrogens with two attached hydrogens (primary N) is 1. The Hall–Kier alpha value is -0.820. The van der Waals surface area contributed by atoms with Crippen LogP contribution < -0.4 is 10.5 Å². The largest absolute Gasteiger partial charge is 0.398 e. The molecule has 0 saturated heterocycles. The molecule has 0 heterocycles. The van der Waals surface area contributed by atoms with Gasteiger partial charge < -0.3 is 10.8 Å². The maximum absolute atomic E-state index is 12.1. The quantitative estimate of drug-likeness (QED) is 0.667. The fourth-order valence-corrected chi connectivity index (χ4v) is 3.11. The van der Waals surface area contributed by atoms with E-state index in [0.717, 1.165) is 6.42 Å². The Morgan fingerprint density at radius 2 is 2.16 bits per heavy atom. The van der Waals surface area contributed by atoms with Gasteiger partial charge in [-0.2, -0.15) is 0 Å². The molecule has 4 N–H and O–H groups in total. The summed E-state index contributed by atoms with van der Waals surface area (Å²) in [6.07, 6.45) is 1.36. The average Bonchev–Trinajstić information content (AvgIpc) is 2.34. The van der Waals surface area contributed by atoms with Gasteiger partial charge in [0.25, 0.3) is 0 Å². The highest BCUT2D eigenvalue weighted by Crippen LogP contribution is 2.22. The number of halogens is 1. The van der Waals surface area contributed by atoms with Crippen LogP contribution in [0.2, 0.25) is 5.02 Å². The van der Waals surface area contributed by atoms with Gasteiger partial charge in [0, 0.05) is 18.2 Å². The van der Waals surface area contributed by atoms with Crippen molar-refractivity contribution in [1.29, 1.82) is 0 Å². The zero-order valence-corrected chi connectivity index (χ0v) is 12.3. The number of aliphatic hydroxyl groups is 1. The second kappa shape index (κ2) is 7.09. The molecule has 0 aliphatic carbocycles. The summed E-state index contributed by atoms with van der Waals surface area (Å²) in [7, 11) is -3.65. The van der Waals surface area contributed by atoms with Crippen LogP contribution in [-0.2, 0) is 10.0 Å². The molecular weight excluding hydrogens is 288 g/mol. The maximum Gasteiger partial charge on any atom is 0.242 e. The van der Waals surface area contributed by atoms with E-state index < -0.39 is 10.0 Å². The Morgan fingerprint density at radius 3 is 2.68 bits per heavy atom. The second-order valence-corrected chi connectivity index (χ2v) is 6.49. The van der Waals surface area contributed by atoms with Crippen molar-refractivity contribution in [1.82, 2.24) is 4.72 Å². The molecule has 108 valence electrons. The van der Waals surface area contributed by atoms with E-state index in [2.05, 4.69) is 4.72 Å². The van der Waals surface area contributed by atoms with E-state index in [1.807, 2.05) is 6.92 Å². The summed E-state index contributed by atoms with van der Waals surface area (Å²) in [4.78, 5) is 0.0238.